The van der Waals surface area contributed by atoms with Crippen LogP contribution in [0.1, 0.15) is 311 Å². The molecule has 0 aromatic carbocycles. The molecule has 20 nitrogen and oxygen atoms in total. The molecular weight excluding hydrogens is 1180 g/mol. The van der Waals surface area contributed by atoms with Crippen molar-refractivity contribution in [2.24, 2.45) is 0 Å². The van der Waals surface area contributed by atoms with Gasteiger partial charge in [0.15, 0.2) is 12.4 Å². The number of aliphatic carboxylic acids is 1. The molecule has 9 N–H and O–H groups in total. The molecule has 0 aromatic heterocycles. The van der Waals surface area contributed by atoms with Crippen LogP contribution >= 0.6 is 7.82 Å². The quantitative estimate of drug-likeness (QED) is 0.0202. The van der Waals surface area contributed by atoms with E-state index in [2.05, 4.69) is 38.3 Å². The number of ether oxygens (including phenoxy) is 6. The van der Waals surface area contributed by atoms with Crippen LogP contribution in [-0.2, 0) is 51.9 Å². The number of aliphatic hydroxyl groups excluding tert-OH is 4. The molecule has 2 aliphatic rings. The lowest BCUT2D eigenvalue weighted by Crippen LogP contribution is -2.68. The number of nitrogens with one attached hydrogen (secondary N) is 2. The zero-order chi connectivity index (χ0) is 66.0. The van der Waals surface area contributed by atoms with Gasteiger partial charge in [0.25, 0.3) is 0 Å². The molecule has 2 rings (SSSR count). The van der Waals surface area contributed by atoms with Gasteiger partial charge in [0, 0.05) is 26.7 Å². The van der Waals surface area contributed by atoms with Crippen LogP contribution in [0.5, 0.6) is 0 Å². The molecule has 0 unspecified atom stereocenters. The molecule has 0 spiro atoms. The number of carboxylic acids is 1. The molecule has 13 atom stereocenters. The second-order valence-electron chi connectivity index (χ2n) is 26.1. The first-order valence-electron chi connectivity index (χ1n) is 36.4. The third kappa shape index (κ3) is 40.5. The Morgan fingerprint density at radius 2 is 0.922 bits per heavy atom. The minimum absolute atomic E-state index is 0.00614. The number of carbonyl (C=O) groups excluding carboxylic acids is 2. The molecule has 0 saturated carbocycles. The summed E-state index contributed by atoms with van der Waals surface area (Å²) in [6, 6.07) is -2.81. The van der Waals surface area contributed by atoms with E-state index < -0.39 is 112 Å². The van der Waals surface area contributed by atoms with Gasteiger partial charge in [-0.3, -0.25) is 14.1 Å². The van der Waals surface area contributed by atoms with Crippen LogP contribution in [0.25, 0.3) is 0 Å². The summed E-state index contributed by atoms with van der Waals surface area (Å²) >= 11 is 0. The van der Waals surface area contributed by atoms with Crippen LogP contribution in [0.15, 0.2) is 0 Å². The highest BCUT2D eigenvalue weighted by atomic mass is 31.2. The highest BCUT2D eigenvalue weighted by Crippen LogP contribution is 2.42. The summed E-state index contributed by atoms with van der Waals surface area (Å²) in [6.07, 6.45) is 29.7. The summed E-state index contributed by atoms with van der Waals surface area (Å²) in [5.74, 6) is -2.76. The van der Waals surface area contributed by atoms with Crippen LogP contribution in [0.2, 0.25) is 0 Å². The molecule has 2 amide bonds. The van der Waals surface area contributed by atoms with Crippen LogP contribution in [0, 0.1) is 0 Å². The number of unbranched alkanes of at least 4 members (excludes halogenated alkanes) is 33. The summed E-state index contributed by atoms with van der Waals surface area (Å²) in [5, 5.41) is 60.9. The first-order valence-corrected chi connectivity index (χ1v) is 38.0. The van der Waals surface area contributed by atoms with Crippen molar-refractivity contribution in [3.63, 3.8) is 0 Å². The maximum Gasteiger partial charge on any atom is 0.470 e. The standard InChI is InChI=1S/C69H133N2O18P/c1-6-10-14-18-22-26-30-34-38-42-48-83-57(45-41-37-33-29-25-21-17-13-9-4)47-50-85-66-62(70-54(5)73)69(88-58(52-72)64(66)89-90(80,81)82)86-53-59-63(77)65(84-49-46-55(74)43-39-35-31-27-23-19-15-11-7-2)61(67(87-59)68(78)79)71-60(76)51-56(75)44-40-36-32-28-24-20-16-12-8-3/h55-59,61-67,69,72,74-75,77H,6-53H2,1-5H3,(H,70,73)(H,71,76)(H,78,79)(H2,80,81,82)/t55-,56-,57-,58-,59-,61-,62-,63-,64+,65-,66-,67+,69-/m1/s1. The van der Waals surface area contributed by atoms with E-state index >= 15 is 0 Å². The fourth-order valence-electron chi connectivity index (χ4n) is 12.5. The van der Waals surface area contributed by atoms with Crippen LogP contribution in [0.3, 0.4) is 0 Å². The monoisotopic (exact) mass is 1310 g/mol. The lowest BCUT2D eigenvalue weighted by molar-refractivity contribution is -0.289. The summed E-state index contributed by atoms with van der Waals surface area (Å²) in [7, 11) is -5.29. The van der Waals surface area contributed by atoms with Gasteiger partial charge in [-0.15, -0.1) is 0 Å². The van der Waals surface area contributed by atoms with Crippen molar-refractivity contribution < 1.29 is 87.2 Å². The third-order valence-corrected chi connectivity index (χ3v) is 18.4. The number of hydrogen-bond acceptors (Lipinski definition) is 15. The maximum atomic E-state index is 13.7. The van der Waals surface area contributed by atoms with Crippen LogP contribution in [-0.4, -0.2) is 166 Å². The van der Waals surface area contributed by atoms with Gasteiger partial charge >= 0.3 is 13.8 Å². The van der Waals surface area contributed by atoms with Gasteiger partial charge < -0.3 is 74.4 Å². The van der Waals surface area contributed by atoms with Crippen LogP contribution in [0.4, 0.5) is 0 Å². The third-order valence-electron chi connectivity index (χ3n) is 17.9. The van der Waals surface area contributed by atoms with E-state index in [0.29, 0.717) is 32.3 Å². The van der Waals surface area contributed by atoms with E-state index in [-0.39, 0.29) is 32.2 Å². The molecule has 2 saturated heterocycles. The fourth-order valence-corrected chi connectivity index (χ4v) is 13.1. The topological polar surface area (TPSA) is 299 Å². The Hall–Kier alpha value is -1.88. The van der Waals surface area contributed by atoms with Gasteiger partial charge in [-0.05, 0) is 38.5 Å². The predicted molar refractivity (Wildman–Crippen MR) is 353 cm³/mol. The highest BCUT2D eigenvalue weighted by molar-refractivity contribution is 7.46. The molecule has 0 radical (unpaired) electrons. The number of carbonyl (C=O) groups is 3. The number of phosphoric ester groups is 1. The van der Waals surface area contributed by atoms with E-state index in [0.717, 1.165) is 89.9 Å². The Balaban J connectivity index is 2.33. The number of amides is 2. The summed E-state index contributed by atoms with van der Waals surface area (Å²) in [5.41, 5.74) is 0. The van der Waals surface area contributed by atoms with Gasteiger partial charge in [0.05, 0.1) is 44.0 Å². The SMILES string of the molecule is CCCCCCCCCCCCO[C@H](CCCCCCCCCCC)CCO[C@@H]1[C@@H](NC(C)=O)[C@H](OC[C@H]2O[C@H](C(=O)O)[C@H](NC(=O)C[C@H](O)CCCCCCCCCCC)[C@@H](OCC[C@H](O)CCCCCCCCCCC)[C@@H]2O)O[C@H](CO)[C@@H]1OP(=O)(O)O. The van der Waals surface area contributed by atoms with Gasteiger partial charge in [0.1, 0.15) is 42.7 Å². The zero-order valence-corrected chi connectivity index (χ0v) is 57.9. The average Bonchev–Trinajstić information content (AvgIpc) is 1.06. The van der Waals surface area contributed by atoms with Crippen molar-refractivity contribution >= 4 is 25.6 Å². The first kappa shape index (κ1) is 84.2. The van der Waals surface area contributed by atoms with Gasteiger partial charge in [0.2, 0.25) is 11.8 Å². The molecule has 90 heavy (non-hydrogen) atoms. The Labute approximate surface area is 544 Å². The molecule has 2 heterocycles. The molecule has 0 bridgehead atoms. The summed E-state index contributed by atoms with van der Waals surface area (Å²) in [6.45, 7) is 9.04. The molecule has 532 valence electrons. The number of aliphatic hydroxyl groups is 4. The van der Waals surface area contributed by atoms with Crippen molar-refractivity contribution in [3.05, 3.63) is 0 Å². The zero-order valence-electron chi connectivity index (χ0n) is 57.0. The molecule has 2 fully saturated rings. The van der Waals surface area contributed by atoms with E-state index in [1.54, 1.807) is 0 Å². The average molecular weight is 1310 g/mol. The van der Waals surface area contributed by atoms with Crippen molar-refractivity contribution in [1.29, 1.82) is 0 Å². The Kier molecular flexibility index (Phi) is 50.8. The Morgan fingerprint density at radius 3 is 1.38 bits per heavy atom. The molecular formula is C69H133N2O18P. The van der Waals surface area contributed by atoms with Gasteiger partial charge in [-0.2, -0.15) is 0 Å². The first-order chi connectivity index (χ1) is 43.5. The molecule has 0 aliphatic carbocycles. The van der Waals surface area contributed by atoms with Crippen molar-refractivity contribution in [2.75, 3.05) is 33.0 Å². The predicted octanol–water partition coefficient (Wildman–Crippen LogP) is 13.1. The van der Waals surface area contributed by atoms with Crippen molar-refractivity contribution in [2.45, 2.75) is 390 Å². The van der Waals surface area contributed by atoms with Crippen LogP contribution < -0.4 is 10.6 Å². The van der Waals surface area contributed by atoms with Crippen molar-refractivity contribution in [1.82, 2.24) is 10.6 Å². The van der Waals surface area contributed by atoms with Gasteiger partial charge in [-0.25, -0.2) is 9.36 Å². The lowest BCUT2D eigenvalue weighted by atomic mass is 9.91. The molecule has 2 aliphatic heterocycles. The molecule has 0 aromatic rings. The smallest absolute Gasteiger partial charge is 0.470 e. The largest absolute Gasteiger partial charge is 0.479 e. The van der Waals surface area contributed by atoms with Gasteiger partial charge in [-0.1, -0.05) is 259 Å². The molecule has 21 heteroatoms. The summed E-state index contributed by atoms with van der Waals surface area (Å²) < 4.78 is 55.6. The Morgan fingerprint density at radius 1 is 0.489 bits per heavy atom. The summed E-state index contributed by atoms with van der Waals surface area (Å²) in [4.78, 5) is 60.2. The minimum atomic E-state index is -5.29. The van der Waals surface area contributed by atoms with E-state index in [1.165, 1.54) is 155 Å². The number of carboxylic acid groups (broad SMARTS) is 1. The highest BCUT2D eigenvalue weighted by Gasteiger charge is 2.53. The number of phosphoric acid groups is 1. The number of hydrogen-bond donors (Lipinski definition) is 9. The van der Waals surface area contributed by atoms with Crippen molar-refractivity contribution in [3.8, 4) is 0 Å². The minimum Gasteiger partial charge on any atom is -0.479 e. The maximum absolute atomic E-state index is 13.7. The second kappa shape index (κ2) is 54.3. The fraction of sp³-hybridized carbons (Fsp3) is 0.957. The Bertz CT molecular complexity index is 1790. The van der Waals surface area contributed by atoms with E-state index in [1.807, 2.05) is 0 Å². The number of rotatable bonds is 61. The van der Waals surface area contributed by atoms with E-state index in [9.17, 15) is 54.3 Å². The van der Waals surface area contributed by atoms with E-state index in [4.69, 9.17) is 32.9 Å². The lowest BCUT2D eigenvalue weighted by Gasteiger charge is -2.47. The second-order valence-corrected chi connectivity index (χ2v) is 27.3. The normalized spacial score (nSPS) is 23.2.